The van der Waals surface area contributed by atoms with Crippen LogP contribution in [0.3, 0.4) is 0 Å². The van der Waals surface area contributed by atoms with Crippen LogP contribution in [0.4, 0.5) is 0 Å². The molecule has 0 heterocycles. The number of rotatable bonds is 4. The molecule has 0 amide bonds. The van der Waals surface area contributed by atoms with Crippen LogP contribution >= 0.6 is 0 Å². The van der Waals surface area contributed by atoms with Crippen molar-refractivity contribution in [2.24, 2.45) is 0 Å². The molecule has 0 saturated carbocycles. The van der Waals surface area contributed by atoms with Crippen LogP contribution in [0.1, 0.15) is 37.8 Å². The summed E-state index contributed by atoms with van der Waals surface area (Å²) < 4.78 is 5.81. The van der Waals surface area contributed by atoms with Crippen molar-refractivity contribution in [3.8, 4) is 11.1 Å². The van der Waals surface area contributed by atoms with E-state index in [0.29, 0.717) is 6.47 Å². The van der Waals surface area contributed by atoms with E-state index in [4.69, 9.17) is 4.74 Å². The average Bonchev–Trinajstić information content (AvgIpc) is 2.86. The monoisotopic (exact) mass is 338 g/mol. The fourth-order valence-corrected chi connectivity index (χ4v) is 6.11. The molecule has 1 aliphatic carbocycles. The molecular formula is C21H26O2Si. The number of fused-ring (bicyclic) bond motifs is 3. The van der Waals surface area contributed by atoms with Crippen LogP contribution in [0, 0.1) is 0 Å². The molecule has 0 N–H and O–H groups in total. The molecule has 0 radical (unpaired) electrons. The third-order valence-electron chi connectivity index (χ3n) is 6.03. The molecule has 2 aromatic carbocycles. The molecule has 2 aromatic rings. The summed E-state index contributed by atoms with van der Waals surface area (Å²) in [4.78, 5) is 11.4. The van der Waals surface area contributed by atoms with E-state index in [1.807, 2.05) is 0 Å². The molecule has 3 heteroatoms. The molecule has 1 aliphatic rings. The quantitative estimate of drug-likeness (QED) is 0.552. The van der Waals surface area contributed by atoms with Gasteiger partial charge in [-0.3, -0.25) is 4.79 Å². The highest BCUT2D eigenvalue weighted by Crippen LogP contribution is 2.51. The van der Waals surface area contributed by atoms with Crippen molar-refractivity contribution < 1.29 is 9.53 Å². The highest BCUT2D eigenvalue weighted by molar-refractivity contribution is 6.81. The molecule has 1 unspecified atom stereocenters. The van der Waals surface area contributed by atoms with E-state index in [-0.39, 0.29) is 16.7 Å². The van der Waals surface area contributed by atoms with Gasteiger partial charge in [-0.15, -0.1) is 0 Å². The highest BCUT2D eigenvalue weighted by Gasteiger charge is 2.50. The normalized spacial score (nSPS) is 15.5. The topological polar surface area (TPSA) is 26.3 Å². The number of carbonyl (C=O) groups is 1. The number of carbonyl (C=O) groups excluding carboxylic acids is 1. The van der Waals surface area contributed by atoms with Crippen molar-refractivity contribution in [3.63, 3.8) is 0 Å². The van der Waals surface area contributed by atoms with E-state index in [2.05, 4.69) is 82.4 Å². The van der Waals surface area contributed by atoms with Gasteiger partial charge in [0.25, 0.3) is 6.47 Å². The number of ether oxygens (including phenoxy) is 1. The van der Waals surface area contributed by atoms with Gasteiger partial charge in [0.05, 0.1) is 0 Å². The third-order valence-corrected chi connectivity index (χ3v) is 11.8. The molecular weight excluding hydrogens is 312 g/mol. The van der Waals surface area contributed by atoms with E-state index in [9.17, 15) is 4.79 Å². The fourth-order valence-electron chi connectivity index (χ4n) is 3.67. The van der Waals surface area contributed by atoms with Gasteiger partial charge >= 0.3 is 0 Å². The standard InChI is InChI=1S/C21H26O2Si/c1-21(2,3)24(4,5)20(23-14-22)19-17-12-8-6-10-15(17)16-11-7-9-13-18(16)19/h6-14,19-20H,1-5H3. The van der Waals surface area contributed by atoms with E-state index < -0.39 is 8.07 Å². The predicted octanol–water partition coefficient (Wildman–Crippen LogP) is 5.39. The van der Waals surface area contributed by atoms with E-state index in [1.165, 1.54) is 22.3 Å². The average molecular weight is 339 g/mol. The molecule has 3 rings (SSSR count). The molecule has 1 atom stereocenters. The maximum Gasteiger partial charge on any atom is 0.293 e. The summed E-state index contributed by atoms with van der Waals surface area (Å²) in [6.07, 6.45) is 0. The Kier molecular flexibility index (Phi) is 4.16. The first-order valence-electron chi connectivity index (χ1n) is 8.56. The van der Waals surface area contributed by atoms with Gasteiger partial charge < -0.3 is 4.74 Å². The molecule has 0 bridgehead atoms. The zero-order valence-electron chi connectivity index (χ0n) is 15.2. The van der Waals surface area contributed by atoms with E-state index >= 15 is 0 Å². The summed E-state index contributed by atoms with van der Waals surface area (Å²) in [6.45, 7) is 12.1. The molecule has 0 aliphatic heterocycles. The van der Waals surface area contributed by atoms with Crippen molar-refractivity contribution in [2.45, 2.75) is 50.5 Å². The van der Waals surface area contributed by atoms with Crippen LogP contribution < -0.4 is 0 Å². The minimum absolute atomic E-state index is 0.0835. The SMILES string of the molecule is CC(C)(C)[Si](C)(C)C(OC=O)C1c2ccccc2-c2ccccc21. The van der Waals surface area contributed by atoms with Crippen LogP contribution in [0.5, 0.6) is 0 Å². The Morgan fingerprint density at radius 1 is 0.958 bits per heavy atom. The first-order valence-corrected chi connectivity index (χ1v) is 11.6. The lowest BCUT2D eigenvalue weighted by Gasteiger charge is -2.44. The summed E-state index contributed by atoms with van der Waals surface area (Å²) in [5, 5.41) is 0.132. The van der Waals surface area contributed by atoms with Gasteiger partial charge in [-0.05, 0) is 27.3 Å². The lowest BCUT2D eigenvalue weighted by atomic mass is 9.97. The summed E-state index contributed by atoms with van der Waals surface area (Å²) >= 11 is 0. The fraction of sp³-hybridized carbons (Fsp3) is 0.381. The lowest BCUT2D eigenvalue weighted by Crippen LogP contribution is -2.53. The van der Waals surface area contributed by atoms with Crippen LogP contribution in [-0.4, -0.2) is 20.3 Å². The number of hydrogen-bond acceptors (Lipinski definition) is 2. The van der Waals surface area contributed by atoms with E-state index in [1.54, 1.807) is 0 Å². The van der Waals surface area contributed by atoms with Gasteiger partial charge in [0.1, 0.15) is 13.8 Å². The Morgan fingerprint density at radius 3 is 1.83 bits per heavy atom. The molecule has 126 valence electrons. The van der Waals surface area contributed by atoms with Crippen LogP contribution in [-0.2, 0) is 9.53 Å². The molecule has 0 saturated heterocycles. The zero-order valence-corrected chi connectivity index (χ0v) is 16.2. The van der Waals surface area contributed by atoms with Gasteiger partial charge in [0, 0.05) is 5.92 Å². The molecule has 0 aromatic heterocycles. The molecule has 0 spiro atoms. The van der Waals surface area contributed by atoms with Gasteiger partial charge in [-0.1, -0.05) is 82.4 Å². The molecule has 24 heavy (non-hydrogen) atoms. The minimum atomic E-state index is -1.91. The second kappa shape index (κ2) is 5.89. The zero-order chi connectivity index (χ0) is 17.5. The largest absolute Gasteiger partial charge is 0.467 e. The summed E-state index contributed by atoms with van der Waals surface area (Å²) in [5.41, 5.74) is 5.04. The second-order valence-electron chi connectivity index (χ2n) is 8.28. The molecule has 2 nitrogen and oxygen atoms in total. The van der Waals surface area contributed by atoms with Gasteiger partial charge in [0.15, 0.2) is 0 Å². The van der Waals surface area contributed by atoms with Crippen molar-refractivity contribution in [3.05, 3.63) is 59.7 Å². The van der Waals surface area contributed by atoms with Crippen LogP contribution in [0.25, 0.3) is 11.1 Å². The summed E-state index contributed by atoms with van der Waals surface area (Å²) in [6, 6.07) is 17.1. The van der Waals surface area contributed by atoms with Crippen molar-refractivity contribution in [2.75, 3.05) is 0 Å². The van der Waals surface area contributed by atoms with Gasteiger partial charge in [0.2, 0.25) is 0 Å². The first kappa shape index (κ1) is 17.0. The number of benzene rings is 2. The Bertz CT molecular complexity index is 713. The number of hydrogen-bond donors (Lipinski definition) is 0. The van der Waals surface area contributed by atoms with Crippen LogP contribution in [0.15, 0.2) is 48.5 Å². The van der Waals surface area contributed by atoms with Crippen LogP contribution in [0.2, 0.25) is 18.1 Å². The Morgan fingerprint density at radius 2 is 1.42 bits per heavy atom. The summed E-state index contributed by atoms with van der Waals surface area (Å²) in [5.74, 6) is 0.128. The maximum absolute atomic E-state index is 11.4. The van der Waals surface area contributed by atoms with Crippen molar-refractivity contribution in [1.29, 1.82) is 0 Å². The predicted molar refractivity (Wildman–Crippen MR) is 102 cm³/mol. The Labute approximate surface area is 145 Å². The third kappa shape index (κ3) is 2.51. The Balaban J connectivity index is 2.20. The Hall–Kier alpha value is -1.87. The first-order chi connectivity index (χ1) is 11.3. The summed E-state index contributed by atoms with van der Waals surface area (Å²) in [7, 11) is -1.91. The van der Waals surface area contributed by atoms with E-state index in [0.717, 1.165) is 0 Å². The van der Waals surface area contributed by atoms with Crippen molar-refractivity contribution >= 4 is 14.5 Å². The lowest BCUT2D eigenvalue weighted by molar-refractivity contribution is -0.131. The molecule has 0 fully saturated rings. The minimum Gasteiger partial charge on any atom is -0.467 e. The maximum atomic E-state index is 11.4. The smallest absolute Gasteiger partial charge is 0.293 e. The van der Waals surface area contributed by atoms with Gasteiger partial charge in [-0.2, -0.15) is 0 Å². The van der Waals surface area contributed by atoms with Gasteiger partial charge in [-0.25, -0.2) is 0 Å². The highest BCUT2D eigenvalue weighted by atomic mass is 28.3. The van der Waals surface area contributed by atoms with Crippen molar-refractivity contribution in [1.82, 2.24) is 0 Å². The second-order valence-corrected chi connectivity index (χ2v) is 13.8.